The van der Waals surface area contributed by atoms with Crippen LogP contribution < -0.4 is 0 Å². The highest BCUT2D eigenvalue weighted by Gasteiger charge is 2.53. The van der Waals surface area contributed by atoms with E-state index in [4.69, 9.17) is 28.4 Å². The summed E-state index contributed by atoms with van der Waals surface area (Å²) in [4.78, 5) is 28.4. The predicted molar refractivity (Wildman–Crippen MR) is 189 cm³/mol. The van der Waals surface area contributed by atoms with E-state index in [0.717, 1.165) is 27.2 Å². The molecular formula is C41H47NO8. The summed E-state index contributed by atoms with van der Waals surface area (Å²) < 4.78 is 38.6. The summed E-state index contributed by atoms with van der Waals surface area (Å²) in [5.74, 6) is -0.546. The minimum atomic E-state index is -1.12. The first-order chi connectivity index (χ1) is 24.2. The van der Waals surface area contributed by atoms with Crippen molar-refractivity contribution in [3.63, 3.8) is 0 Å². The van der Waals surface area contributed by atoms with Crippen LogP contribution in [0.4, 0.5) is 4.79 Å². The Labute approximate surface area is 295 Å². The zero-order valence-corrected chi connectivity index (χ0v) is 29.2. The summed E-state index contributed by atoms with van der Waals surface area (Å²) in [5, 5.41) is 0. The third-order valence-electron chi connectivity index (χ3n) is 8.06. The quantitative estimate of drug-likeness (QED) is 0.135. The Morgan fingerprint density at radius 2 is 1.04 bits per heavy atom. The van der Waals surface area contributed by atoms with E-state index in [1.807, 2.05) is 121 Å². The lowest BCUT2D eigenvalue weighted by Crippen LogP contribution is -2.68. The number of rotatable bonds is 14. The molecule has 5 rings (SSSR count). The van der Waals surface area contributed by atoms with Crippen molar-refractivity contribution >= 4 is 12.0 Å². The fourth-order valence-corrected chi connectivity index (χ4v) is 5.75. The zero-order valence-electron chi connectivity index (χ0n) is 29.2. The van der Waals surface area contributed by atoms with E-state index in [1.165, 1.54) is 6.92 Å². The molecule has 0 radical (unpaired) electrons. The van der Waals surface area contributed by atoms with Crippen LogP contribution >= 0.6 is 0 Å². The zero-order chi connectivity index (χ0) is 35.3. The first-order valence-electron chi connectivity index (χ1n) is 16.9. The van der Waals surface area contributed by atoms with Gasteiger partial charge in [0, 0.05) is 6.92 Å². The number of hydrogen-bond acceptors (Lipinski definition) is 8. The van der Waals surface area contributed by atoms with Gasteiger partial charge in [-0.3, -0.25) is 4.79 Å². The van der Waals surface area contributed by atoms with Crippen molar-refractivity contribution in [1.29, 1.82) is 0 Å². The van der Waals surface area contributed by atoms with Gasteiger partial charge in [-0.2, -0.15) is 0 Å². The Kier molecular flexibility index (Phi) is 13.3. The molecule has 0 saturated carbocycles. The third-order valence-corrected chi connectivity index (χ3v) is 8.06. The largest absolute Gasteiger partial charge is 0.443 e. The second kappa shape index (κ2) is 18.0. The van der Waals surface area contributed by atoms with E-state index in [0.29, 0.717) is 6.61 Å². The summed E-state index contributed by atoms with van der Waals surface area (Å²) in [6, 6.07) is 37.8. The van der Waals surface area contributed by atoms with Gasteiger partial charge in [0.25, 0.3) is 0 Å². The molecule has 4 aromatic rings. The van der Waals surface area contributed by atoms with Crippen LogP contribution in [0.5, 0.6) is 0 Å². The maximum Gasteiger partial charge on any atom is 0.417 e. The lowest BCUT2D eigenvalue weighted by Gasteiger charge is -2.48. The molecule has 50 heavy (non-hydrogen) atoms. The van der Waals surface area contributed by atoms with E-state index >= 15 is 0 Å². The van der Waals surface area contributed by atoms with Crippen LogP contribution in [0.15, 0.2) is 121 Å². The third kappa shape index (κ3) is 10.8. The molecule has 9 nitrogen and oxygen atoms in total. The van der Waals surface area contributed by atoms with Crippen molar-refractivity contribution in [3.8, 4) is 0 Å². The fourth-order valence-electron chi connectivity index (χ4n) is 5.75. The lowest BCUT2D eigenvalue weighted by molar-refractivity contribution is -0.304. The lowest BCUT2D eigenvalue weighted by atomic mass is 9.94. The van der Waals surface area contributed by atoms with Gasteiger partial charge < -0.3 is 28.4 Å². The molecule has 0 N–H and O–H groups in total. The highest BCUT2D eigenvalue weighted by atomic mass is 16.7. The van der Waals surface area contributed by atoms with Crippen LogP contribution in [-0.2, 0) is 59.6 Å². The molecular weight excluding hydrogens is 634 g/mol. The predicted octanol–water partition coefficient (Wildman–Crippen LogP) is 7.47. The highest BCUT2D eigenvalue weighted by Crippen LogP contribution is 2.33. The number of imide groups is 1. The van der Waals surface area contributed by atoms with Crippen molar-refractivity contribution in [1.82, 2.24) is 4.90 Å². The standard InChI is InChI=1S/C41H47NO8/c1-30(43)42(40(44)50-41(2,3)4)36-38(47-27-33-21-13-7-14-22-33)37(46-26-32-19-11-6-12-20-32)35(29-45-25-31-17-9-5-10-18-31)49-39(36)48-28-34-23-15-8-16-24-34/h5-24,35-39H,25-29H2,1-4H3/t35-,36+,37+,38+,39?/m1/s1. The molecule has 9 heteroatoms. The Balaban J connectivity index is 1.54. The minimum Gasteiger partial charge on any atom is -0.443 e. The van der Waals surface area contributed by atoms with E-state index in [9.17, 15) is 9.59 Å². The monoisotopic (exact) mass is 681 g/mol. The Hall–Kier alpha value is -4.38. The van der Waals surface area contributed by atoms with Gasteiger partial charge in [-0.25, -0.2) is 9.69 Å². The second-order valence-corrected chi connectivity index (χ2v) is 13.2. The fraction of sp³-hybridized carbons (Fsp3) is 0.366. The number of ether oxygens (including phenoxy) is 6. The summed E-state index contributed by atoms with van der Waals surface area (Å²) in [6.45, 7) is 7.60. The molecule has 1 fully saturated rings. The molecule has 1 aliphatic heterocycles. The molecule has 0 aromatic heterocycles. The van der Waals surface area contributed by atoms with Gasteiger partial charge in [-0.1, -0.05) is 121 Å². The Bertz CT molecular complexity index is 1600. The molecule has 1 aliphatic rings. The molecule has 1 saturated heterocycles. The molecule has 0 aliphatic carbocycles. The van der Waals surface area contributed by atoms with Crippen LogP contribution in [0.3, 0.4) is 0 Å². The van der Waals surface area contributed by atoms with Crippen LogP contribution in [0.1, 0.15) is 49.9 Å². The summed E-state index contributed by atoms with van der Waals surface area (Å²) in [5.41, 5.74) is 2.86. The van der Waals surface area contributed by atoms with E-state index in [-0.39, 0.29) is 26.4 Å². The van der Waals surface area contributed by atoms with Gasteiger partial charge >= 0.3 is 6.09 Å². The maximum atomic E-state index is 13.9. The van der Waals surface area contributed by atoms with Gasteiger partial charge in [0.1, 0.15) is 30.0 Å². The van der Waals surface area contributed by atoms with Gasteiger partial charge in [0.2, 0.25) is 5.91 Å². The molecule has 264 valence electrons. The van der Waals surface area contributed by atoms with Crippen molar-refractivity contribution in [3.05, 3.63) is 144 Å². The molecule has 1 heterocycles. The van der Waals surface area contributed by atoms with Gasteiger partial charge in [-0.15, -0.1) is 0 Å². The topological polar surface area (TPSA) is 92.8 Å². The van der Waals surface area contributed by atoms with E-state index < -0.39 is 48.2 Å². The molecule has 2 amide bonds. The van der Waals surface area contributed by atoms with E-state index in [2.05, 4.69) is 0 Å². The number of hydrogen-bond donors (Lipinski definition) is 0. The van der Waals surface area contributed by atoms with Crippen LogP contribution in [0.2, 0.25) is 0 Å². The number of benzene rings is 4. The molecule has 0 bridgehead atoms. The normalized spacial score (nSPS) is 20.6. The van der Waals surface area contributed by atoms with Crippen LogP contribution in [0, 0.1) is 0 Å². The average Bonchev–Trinajstić information content (AvgIpc) is 3.11. The van der Waals surface area contributed by atoms with Crippen LogP contribution in [-0.4, -0.2) is 59.8 Å². The van der Waals surface area contributed by atoms with Gasteiger partial charge in [0.15, 0.2) is 6.29 Å². The molecule has 5 atom stereocenters. The highest BCUT2D eigenvalue weighted by molar-refractivity contribution is 5.91. The van der Waals surface area contributed by atoms with Gasteiger partial charge in [0.05, 0.1) is 33.0 Å². The van der Waals surface area contributed by atoms with E-state index in [1.54, 1.807) is 20.8 Å². The maximum absolute atomic E-state index is 13.9. The number of carbonyl (C=O) groups is 2. The van der Waals surface area contributed by atoms with Crippen LogP contribution in [0.25, 0.3) is 0 Å². The van der Waals surface area contributed by atoms with Crippen molar-refractivity contribution in [2.24, 2.45) is 0 Å². The van der Waals surface area contributed by atoms with Gasteiger partial charge in [-0.05, 0) is 43.0 Å². The first kappa shape index (κ1) is 36.9. The molecule has 4 aromatic carbocycles. The second-order valence-electron chi connectivity index (χ2n) is 13.2. The Morgan fingerprint density at radius 3 is 1.48 bits per heavy atom. The minimum absolute atomic E-state index is 0.129. The van der Waals surface area contributed by atoms with Crippen molar-refractivity contribution < 1.29 is 38.0 Å². The Morgan fingerprint density at radius 1 is 0.620 bits per heavy atom. The summed E-state index contributed by atoms with van der Waals surface area (Å²) in [6.07, 6.45) is -4.35. The van der Waals surface area contributed by atoms with Crippen molar-refractivity contribution in [2.75, 3.05) is 6.61 Å². The SMILES string of the molecule is CC(=O)N(C(=O)OC(C)(C)C)[C@@H]1C(OCc2ccccc2)O[C@H](COCc2ccccc2)[C@H](OCc2ccccc2)[C@H]1OCc1ccccc1. The number of amides is 2. The average molecular weight is 682 g/mol. The number of nitrogens with zero attached hydrogens (tertiary/aromatic N) is 1. The summed E-state index contributed by atoms with van der Waals surface area (Å²) in [7, 11) is 0. The molecule has 1 unspecified atom stereocenters. The molecule has 0 spiro atoms. The smallest absolute Gasteiger partial charge is 0.417 e. The van der Waals surface area contributed by atoms with Crippen molar-refractivity contribution in [2.45, 2.75) is 90.4 Å². The summed E-state index contributed by atoms with van der Waals surface area (Å²) >= 11 is 0. The first-order valence-corrected chi connectivity index (χ1v) is 16.9. The number of carbonyl (C=O) groups excluding carboxylic acids is 2.